The average Bonchev–Trinajstić information content (AvgIpc) is 2.46. The monoisotopic (exact) mass is 295 g/mol. The highest BCUT2D eigenvalue weighted by molar-refractivity contribution is 4.82. The molecule has 0 aromatic heterocycles. The third kappa shape index (κ3) is 5.54. The molecule has 0 spiro atoms. The Kier molecular flexibility index (Phi) is 6.97. The van der Waals surface area contributed by atoms with Crippen LogP contribution in [0.25, 0.3) is 0 Å². The zero-order chi connectivity index (χ0) is 15.2. The second-order valence-corrected chi connectivity index (χ2v) is 7.93. The largest absolute Gasteiger partial charge is 0.315 e. The Hall–Kier alpha value is -0.120. The van der Waals surface area contributed by atoms with E-state index in [9.17, 15) is 0 Å². The third-order valence-corrected chi connectivity index (χ3v) is 5.70. The van der Waals surface area contributed by atoms with Crippen molar-refractivity contribution in [3.05, 3.63) is 0 Å². The first kappa shape index (κ1) is 17.2. The topological polar surface area (TPSA) is 18.5 Å². The van der Waals surface area contributed by atoms with Crippen LogP contribution in [0.1, 0.15) is 46.5 Å². The minimum atomic E-state index is 0.709. The smallest absolute Gasteiger partial charge is 0.0244 e. The standard InChI is InChI=1S/C18H37N3/c1-15(2)18(21-11-9-20(4)10-12-21)14-19-13-17-7-5-16(3)6-8-17/h15-19H,5-14H2,1-4H3. The lowest BCUT2D eigenvalue weighted by atomic mass is 9.83. The average molecular weight is 296 g/mol. The highest BCUT2D eigenvalue weighted by atomic mass is 15.3. The van der Waals surface area contributed by atoms with Crippen LogP contribution in [-0.2, 0) is 0 Å². The van der Waals surface area contributed by atoms with Crippen molar-refractivity contribution in [1.82, 2.24) is 15.1 Å². The van der Waals surface area contributed by atoms with E-state index in [-0.39, 0.29) is 0 Å². The quantitative estimate of drug-likeness (QED) is 0.813. The molecule has 1 saturated heterocycles. The normalized spacial score (nSPS) is 30.7. The van der Waals surface area contributed by atoms with Gasteiger partial charge in [-0.2, -0.15) is 0 Å². The number of nitrogens with zero attached hydrogens (tertiary/aromatic N) is 2. The molecular weight excluding hydrogens is 258 g/mol. The van der Waals surface area contributed by atoms with Crippen LogP contribution in [0.15, 0.2) is 0 Å². The van der Waals surface area contributed by atoms with Crippen LogP contribution in [0.2, 0.25) is 0 Å². The third-order valence-electron chi connectivity index (χ3n) is 5.70. The lowest BCUT2D eigenvalue weighted by molar-refractivity contribution is 0.0866. The van der Waals surface area contributed by atoms with E-state index < -0.39 is 0 Å². The molecule has 1 saturated carbocycles. The number of nitrogens with one attached hydrogen (secondary N) is 1. The van der Waals surface area contributed by atoms with Gasteiger partial charge in [0.1, 0.15) is 0 Å². The van der Waals surface area contributed by atoms with Gasteiger partial charge in [-0.1, -0.05) is 33.6 Å². The summed E-state index contributed by atoms with van der Waals surface area (Å²) >= 11 is 0. The van der Waals surface area contributed by atoms with Crippen molar-refractivity contribution < 1.29 is 0 Å². The SMILES string of the molecule is CC1CCC(CNCC(C(C)C)N2CCN(C)CC2)CC1. The molecule has 2 rings (SSSR count). The van der Waals surface area contributed by atoms with Gasteiger partial charge < -0.3 is 10.2 Å². The van der Waals surface area contributed by atoms with Crippen molar-refractivity contribution in [2.75, 3.05) is 46.3 Å². The Bertz CT molecular complexity index is 276. The van der Waals surface area contributed by atoms with Crippen LogP contribution in [0.4, 0.5) is 0 Å². The molecule has 1 aliphatic carbocycles. The fourth-order valence-electron chi connectivity index (χ4n) is 3.91. The molecule has 1 unspecified atom stereocenters. The van der Waals surface area contributed by atoms with Crippen LogP contribution in [0, 0.1) is 17.8 Å². The molecule has 0 radical (unpaired) electrons. The molecule has 2 fully saturated rings. The summed E-state index contributed by atoms with van der Waals surface area (Å²) in [5, 5.41) is 3.80. The summed E-state index contributed by atoms with van der Waals surface area (Å²) < 4.78 is 0. The molecule has 2 aliphatic rings. The summed E-state index contributed by atoms with van der Waals surface area (Å²) in [6.45, 7) is 14.5. The minimum absolute atomic E-state index is 0.709. The van der Waals surface area contributed by atoms with E-state index in [4.69, 9.17) is 0 Å². The van der Waals surface area contributed by atoms with Crippen molar-refractivity contribution in [2.45, 2.75) is 52.5 Å². The van der Waals surface area contributed by atoms with Crippen LogP contribution in [0.3, 0.4) is 0 Å². The molecule has 3 nitrogen and oxygen atoms in total. The van der Waals surface area contributed by atoms with E-state index in [0.717, 1.165) is 17.8 Å². The maximum atomic E-state index is 3.80. The van der Waals surface area contributed by atoms with Gasteiger partial charge in [-0.25, -0.2) is 0 Å². The Labute approximate surface area is 132 Å². The first-order valence-corrected chi connectivity index (χ1v) is 9.19. The van der Waals surface area contributed by atoms with Gasteiger partial charge in [0.05, 0.1) is 0 Å². The maximum absolute atomic E-state index is 3.80. The van der Waals surface area contributed by atoms with Gasteiger partial charge in [0.15, 0.2) is 0 Å². The highest BCUT2D eigenvalue weighted by Gasteiger charge is 2.25. The summed E-state index contributed by atoms with van der Waals surface area (Å²) in [5.41, 5.74) is 0. The van der Waals surface area contributed by atoms with E-state index in [2.05, 4.69) is 42.9 Å². The second kappa shape index (κ2) is 8.50. The van der Waals surface area contributed by atoms with Crippen molar-refractivity contribution in [3.63, 3.8) is 0 Å². The summed E-state index contributed by atoms with van der Waals surface area (Å²) in [6.07, 6.45) is 5.76. The number of hydrogen-bond donors (Lipinski definition) is 1. The van der Waals surface area contributed by atoms with E-state index in [0.29, 0.717) is 6.04 Å². The maximum Gasteiger partial charge on any atom is 0.0244 e. The van der Waals surface area contributed by atoms with Crippen molar-refractivity contribution >= 4 is 0 Å². The minimum Gasteiger partial charge on any atom is -0.315 e. The lowest BCUT2D eigenvalue weighted by Crippen LogP contribution is -2.54. The van der Waals surface area contributed by atoms with Gasteiger partial charge in [0, 0.05) is 38.8 Å². The summed E-state index contributed by atoms with van der Waals surface area (Å²) in [7, 11) is 2.24. The zero-order valence-electron chi connectivity index (χ0n) is 14.8. The van der Waals surface area contributed by atoms with Crippen molar-refractivity contribution in [2.24, 2.45) is 17.8 Å². The van der Waals surface area contributed by atoms with Gasteiger partial charge in [0.2, 0.25) is 0 Å². The molecule has 0 aromatic rings. The Morgan fingerprint density at radius 2 is 1.62 bits per heavy atom. The number of piperazine rings is 1. The summed E-state index contributed by atoms with van der Waals surface area (Å²) in [6, 6.07) is 0.709. The summed E-state index contributed by atoms with van der Waals surface area (Å²) in [5.74, 6) is 2.64. The molecule has 3 heteroatoms. The van der Waals surface area contributed by atoms with E-state index in [1.54, 1.807) is 0 Å². The van der Waals surface area contributed by atoms with Crippen LogP contribution in [0.5, 0.6) is 0 Å². The van der Waals surface area contributed by atoms with E-state index in [1.165, 1.54) is 65.0 Å². The van der Waals surface area contributed by atoms with Crippen LogP contribution < -0.4 is 5.32 Å². The van der Waals surface area contributed by atoms with Gasteiger partial charge >= 0.3 is 0 Å². The van der Waals surface area contributed by atoms with Crippen molar-refractivity contribution in [3.8, 4) is 0 Å². The lowest BCUT2D eigenvalue weighted by Gasteiger charge is -2.40. The molecule has 1 atom stereocenters. The zero-order valence-corrected chi connectivity index (χ0v) is 14.8. The van der Waals surface area contributed by atoms with Crippen molar-refractivity contribution in [1.29, 1.82) is 0 Å². The van der Waals surface area contributed by atoms with Crippen LogP contribution in [-0.4, -0.2) is 62.2 Å². The van der Waals surface area contributed by atoms with Crippen LogP contribution >= 0.6 is 0 Å². The number of hydrogen-bond acceptors (Lipinski definition) is 3. The fraction of sp³-hybridized carbons (Fsp3) is 1.00. The molecule has 0 aromatic carbocycles. The van der Waals surface area contributed by atoms with E-state index in [1.807, 2.05) is 0 Å². The fourth-order valence-corrected chi connectivity index (χ4v) is 3.91. The second-order valence-electron chi connectivity index (χ2n) is 7.93. The predicted molar refractivity (Wildman–Crippen MR) is 91.7 cm³/mol. The molecule has 0 amide bonds. The molecule has 21 heavy (non-hydrogen) atoms. The molecular formula is C18H37N3. The number of likely N-dealkylation sites (N-methyl/N-ethyl adjacent to an activating group) is 1. The van der Waals surface area contributed by atoms with Gasteiger partial charge in [-0.05, 0) is 44.2 Å². The summed E-state index contributed by atoms with van der Waals surface area (Å²) in [4.78, 5) is 5.16. The Morgan fingerprint density at radius 3 is 2.19 bits per heavy atom. The van der Waals surface area contributed by atoms with E-state index >= 15 is 0 Å². The molecule has 124 valence electrons. The van der Waals surface area contributed by atoms with Gasteiger partial charge in [-0.3, -0.25) is 4.90 Å². The number of rotatable bonds is 6. The Balaban J connectivity index is 1.70. The molecule has 1 aliphatic heterocycles. The molecule has 1 heterocycles. The highest BCUT2D eigenvalue weighted by Crippen LogP contribution is 2.27. The first-order chi connectivity index (χ1) is 10.1. The van der Waals surface area contributed by atoms with Gasteiger partial charge in [-0.15, -0.1) is 0 Å². The Morgan fingerprint density at radius 1 is 1.00 bits per heavy atom. The molecule has 0 bridgehead atoms. The van der Waals surface area contributed by atoms with Gasteiger partial charge in [0.25, 0.3) is 0 Å². The first-order valence-electron chi connectivity index (χ1n) is 9.19. The molecule has 1 N–H and O–H groups in total. The predicted octanol–water partition coefficient (Wildman–Crippen LogP) is 2.67.